The third-order valence-electron chi connectivity index (χ3n) is 6.47. The number of nitrogens with zero attached hydrogens (tertiary/aromatic N) is 3. The van der Waals surface area contributed by atoms with Crippen molar-refractivity contribution in [3.05, 3.63) is 106 Å². The number of amides is 2. The number of pyridine rings is 1. The van der Waals surface area contributed by atoms with Crippen LogP contribution < -0.4 is 16.4 Å². The molecular formula is C29H24N6O2S2. The average molecular weight is 553 g/mol. The van der Waals surface area contributed by atoms with Gasteiger partial charge in [0.15, 0.2) is 10.8 Å². The van der Waals surface area contributed by atoms with Gasteiger partial charge in [-0.15, -0.1) is 0 Å². The lowest BCUT2D eigenvalue weighted by Crippen LogP contribution is -2.28. The van der Waals surface area contributed by atoms with Crippen LogP contribution in [0.3, 0.4) is 0 Å². The van der Waals surface area contributed by atoms with Gasteiger partial charge in [-0.05, 0) is 53.8 Å². The number of carbonyl (C=O) groups excluding carboxylic acids is 2. The van der Waals surface area contributed by atoms with Crippen molar-refractivity contribution in [3.8, 4) is 11.3 Å². The molecule has 39 heavy (non-hydrogen) atoms. The zero-order chi connectivity index (χ0) is 26.9. The number of fused-ring (bicyclic) bond motifs is 2. The minimum Gasteiger partial charge on any atom is -0.375 e. The van der Waals surface area contributed by atoms with Crippen LogP contribution in [0.1, 0.15) is 44.9 Å². The Hall–Kier alpha value is -4.54. The predicted octanol–water partition coefficient (Wildman–Crippen LogP) is 5.68. The van der Waals surface area contributed by atoms with Crippen LogP contribution in [-0.4, -0.2) is 26.2 Å². The molecule has 0 bridgehead atoms. The minimum absolute atomic E-state index is 0.211. The maximum Gasteiger partial charge on any atom is 0.271 e. The first-order valence-corrected chi connectivity index (χ1v) is 14.1. The number of thiazole rings is 1. The number of hydrogen-bond donors (Lipinski definition) is 3. The molecular weight excluding hydrogens is 528 g/mol. The number of nitrogen functional groups attached to an aromatic ring is 1. The van der Waals surface area contributed by atoms with E-state index in [1.54, 1.807) is 22.7 Å². The monoisotopic (exact) mass is 552 g/mol. The third kappa shape index (κ3) is 4.87. The van der Waals surface area contributed by atoms with Crippen LogP contribution in [0.5, 0.6) is 0 Å². The lowest BCUT2D eigenvalue weighted by atomic mass is 10.1. The fraction of sp³-hybridized carbons (Fsp3) is 0.103. The molecule has 4 aromatic heterocycles. The number of benzene rings is 2. The number of hydrogen-bond acceptors (Lipinski definition) is 7. The molecule has 0 saturated heterocycles. The number of aromatic nitrogens is 3. The van der Waals surface area contributed by atoms with Gasteiger partial charge in [-0.25, -0.2) is 9.97 Å². The van der Waals surface area contributed by atoms with E-state index in [0.29, 0.717) is 34.3 Å². The van der Waals surface area contributed by atoms with Gasteiger partial charge in [0.2, 0.25) is 0 Å². The van der Waals surface area contributed by atoms with E-state index in [0.717, 1.165) is 26.9 Å². The molecule has 2 aromatic carbocycles. The van der Waals surface area contributed by atoms with Crippen molar-refractivity contribution >= 4 is 55.5 Å². The highest BCUT2D eigenvalue weighted by atomic mass is 32.1. The highest BCUT2D eigenvalue weighted by molar-refractivity contribution is 7.22. The molecule has 6 aromatic rings. The first-order chi connectivity index (χ1) is 19.0. The molecule has 0 aliphatic heterocycles. The minimum atomic E-state index is -0.281. The van der Waals surface area contributed by atoms with Gasteiger partial charge in [-0.1, -0.05) is 47.7 Å². The normalized spacial score (nSPS) is 12.0. The Balaban J connectivity index is 1.32. The average Bonchev–Trinajstić information content (AvgIpc) is 3.69. The smallest absolute Gasteiger partial charge is 0.271 e. The molecule has 0 unspecified atom stereocenters. The number of imidazole rings is 1. The van der Waals surface area contributed by atoms with Gasteiger partial charge in [0.05, 0.1) is 21.8 Å². The highest BCUT2D eigenvalue weighted by Gasteiger charge is 2.25. The highest BCUT2D eigenvalue weighted by Crippen LogP contribution is 2.29. The number of carbonyl (C=O) groups is 2. The van der Waals surface area contributed by atoms with Crippen molar-refractivity contribution in [3.63, 3.8) is 0 Å². The molecule has 0 radical (unpaired) electrons. The SMILES string of the molecule is C[C@@H](NC(=O)c1c(-c2ccsc2)nc2c(C(=O)NCc3ccc4nc(N)sc4c3)cccn12)c1ccccc1. The largest absolute Gasteiger partial charge is 0.375 e. The van der Waals surface area contributed by atoms with E-state index in [-0.39, 0.29) is 17.9 Å². The Bertz CT molecular complexity index is 1810. The fourth-order valence-electron chi connectivity index (χ4n) is 4.53. The van der Waals surface area contributed by atoms with Crippen molar-refractivity contribution in [1.29, 1.82) is 0 Å². The summed E-state index contributed by atoms with van der Waals surface area (Å²) in [6.07, 6.45) is 1.76. The molecule has 4 heterocycles. The van der Waals surface area contributed by atoms with Crippen LogP contribution in [-0.2, 0) is 6.54 Å². The van der Waals surface area contributed by atoms with E-state index in [9.17, 15) is 9.59 Å². The first kappa shape index (κ1) is 24.8. The standard InChI is InChI=1S/C29H24N6O2S2/c1-17(19-6-3-2-4-7-19)32-28(37)25-24(20-11-13-38-16-20)34-26-21(8-5-12-35(25)26)27(36)31-15-18-9-10-22-23(14-18)39-29(30)33-22/h2-14,16-17H,15H2,1H3,(H2,30,33)(H,31,36)(H,32,37)/t17-/m1/s1. The number of nitrogens with one attached hydrogen (secondary N) is 2. The van der Waals surface area contributed by atoms with Gasteiger partial charge in [0.1, 0.15) is 11.4 Å². The summed E-state index contributed by atoms with van der Waals surface area (Å²) < 4.78 is 2.66. The number of nitrogens with two attached hydrogens (primary N) is 1. The molecule has 2 amide bonds. The Kier molecular flexibility index (Phi) is 6.55. The second-order valence-corrected chi connectivity index (χ2v) is 10.9. The molecule has 0 saturated carbocycles. The van der Waals surface area contributed by atoms with E-state index >= 15 is 0 Å². The first-order valence-electron chi connectivity index (χ1n) is 12.3. The van der Waals surface area contributed by atoms with Gasteiger partial charge in [0, 0.05) is 23.7 Å². The maximum absolute atomic E-state index is 13.6. The van der Waals surface area contributed by atoms with Gasteiger partial charge in [-0.3, -0.25) is 14.0 Å². The van der Waals surface area contributed by atoms with E-state index < -0.39 is 0 Å². The molecule has 194 valence electrons. The van der Waals surface area contributed by atoms with Crippen LogP contribution in [0.2, 0.25) is 0 Å². The number of anilines is 1. The van der Waals surface area contributed by atoms with Gasteiger partial charge >= 0.3 is 0 Å². The van der Waals surface area contributed by atoms with Crippen molar-refractivity contribution in [1.82, 2.24) is 25.0 Å². The Morgan fingerprint density at radius 1 is 1.03 bits per heavy atom. The molecule has 0 spiro atoms. The summed E-state index contributed by atoms with van der Waals surface area (Å²) in [7, 11) is 0. The second kappa shape index (κ2) is 10.3. The van der Waals surface area contributed by atoms with E-state index in [2.05, 4.69) is 15.6 Å². The summed E-state index contributed by atoms with van der Waals surface area (Å²) in [6.45, 7) is 2.27. The molecule has 0 aliphatic carbocycles. The van der Waals surface area contributed by atoms with Gasteiger partial charge in [0.25, 0.3) is 11.8 Å². The van der Waals surface area contributed by atoms with Crippen LogP contribution in [0, 0.1) is 0 Å². The summed E-state index contributed by atoms with van der Waals surface area (Å²) in [5.74, 6) is -0.550. The van der Waals surface area contributed by atoms with Crippen LogP contribution in [0.25, 0.3) is 27.1 Å². The van der Waals surface area contributed by atoms with Gasteiger partial charge in [-0.2, -0.15) is 11.3 Å². The predicted molar refractivity (Wildman–Crippen MR) is 156 cm³/mol. The van der Waals surface area contributed by atoms with Gasteiger partial charge < -0.3 is 16.4 Å². The van der Waals surface area contributed by atoms with E-state index in [1.807, 2.05) is 72.3 Å². The maximum atomic E-state index is 13.6. The topological polar surface area (TPSA) is 114 Å². The lowest BCUT2D eigenvalue weighted by molar-refractivity contribution is 0.0929. The number of thiophene rings is 1. The van der Waals surface area contributed by atoms with Crippen molar-refractivity contribution in [2.45, 2.75) is 19.5 Å². The zero-order valence-electron chi connectivity index (χ0n) is 20.9. The Morgan fingerprint density at radius 3 is 2.67 bits per heavy atom. The van der Waals surface area contributed by atoms with Crippen molar-refractivity contribution < 1.29 is 9.59 Å². The number of rotatable bonds is 7. The molecule has 4 N–H and O–H groups in total. The second-order valence-electron chi connectivity index (χ2n) is 9.08. The molecule has 1 atom stereocenters. The summed E-state index contributed by atoms with van der Waals surface area (Å²) in [6, 6.07) is 20.8. The quantitative estimate of drug-likeness (QED) is 0.236. The van der Waals surface area contributed by atoms with Crippen molar-refractivity contribution in [2.24, 2.45) is 0 Å². The molecule has 0 fully saturated rings. The van der Waals surface area contributed by atoms with Crippen molar-refractivity contribution in [2.75, 3.05) is 5.73 Å². The molecule has 0 aliphatic rings. The summed E-state index contributed by atoms with van der Waals surface area (Å²) in [4.78, 5) is 36.1. The van der Waals surface area contributed by atoms with E-state index in [1.165, 1.54) is 22.7 Å². The lowest BCUT2D eigenvalue weighted by Gasteiger charge is -2.15. The summed E-state index contributed by atoms with van der Waals surface area (Å²) >= 11 is 2.93. The van der Waals surface area contributed by atoms with Crippen LogP contribution in [0.15, 0.2) is 83.7 Å². The Labute approximate surface area is 232 Å². The Morgan fingerprint density at radius 2 is 1.87 bits per heavy atom. The third-order valence-corrected chi connectivity index (χ3v) is 8.00. The summed E-state index contributed by atoms with van der Waals surface area (Å²) in [5.41, 5.74) is 11.1. The molecule has 8 nitrogen and oxygen atoms in total. The van der Waals surface area contributed by atoms with Crippen LogP contribution >= 0.6 is 22.7 Å². The summed E-state index contributed by atoms with van der Waals surface area (Å²) in [5, 5.41) is 10.5. The van der Waals surface area contributed by atoms with E-state index in [4.69, 9.17) is 10.7 Å². The fourth-order valence-corrected chi connectivity index (χ4v) is 5.97. The molecule has 10 heteroatoms. The zero-order valence-corrected chi connectivity index (χ0v) is 22.6. The molecule has 6 rings (SSSR count). The van der Waals surface area contributed by atoms with Crippen LogP contribution in [0.4, 0.5) is 5.13 Å².